The summed E-state index contributed by atoms with van der Waals surface area (Å²) < 4.78 is 6.15. The van der Waals surface area contributed by atoms with Crippen LogP contribution in [0.1, 0.15) is 37.9 Å². The second-order valence-corrected chi connectivity index (χ2v) is 5.00. The van der Waals surface area contributed by atoms with Crippen LogP contribution >= 0.6 is 15.9 Å². The van der Waals surface area contributed by atoms with Gasteiger partial charge in [-0.15, -0.1) is 0 Å². The van der Waals surface area contributed by atoms with Crippen molar-refractivity contribution < 1.29 is 4.74 Å². The van der Waals surface area contributed by atoms with Crippen LogP contribution in [0.4, 0.5) is 5.82 Å². The van der Waals surface area contributed by atoms with Gasteiger partial charge in [-0.05, 0) is 42.1 Å². The molecule has 1 aliphatic rings. The predicted octanol–water partition coefficient (Wildman–Crippen LogP) is 2.96. The number of ether oxygens (including phenoxy) is 1. The van der Waals surface area contributed by atoms with Crippen LogP contribution in [-0.4, -0.2) is 29.7 Å². The monoisotopic (exact) mass is 299 g/mol. The smallest absolute Gasteiger partial charge is 0.135 e. The van der Waals surface area contributed by atoms with E-state index in [9.17, 15) is 0 Å². The molecule has 1 fully saturated rings. The van der Waals surface area contributed by atoms with E-state index in [-0.39, 0.29) is 0 Å². The first-order valence-corrected chi connectivity index (χ1v) is 6.95. The maximum absolute atomic E-state index is 5.29. The minimum atomic E-state index is 0.580. The van der Waals surface area contributed by atoms with Gasteiger partial charge in [-0.1, -0.05) is 0 Å². The van der Waals surface area contributed by atoms with Gasteiger partial charge < -0.3 is 10.1 Å². The minimum absolute atomic E-state index is 0.580. The zero-order valence-electron chi connectivity index (χ0n) is 10.1. The Hall–Kier alpha value is -0.680. The Kier molecular flexibility index (Phi) is 4.74. The Morgan fingerprint density at radius 2 is 2.29 bits per heavy atom. The molecule has 2 rings (SSSR count). The molecular formula is C12H18BrN3O. The second-order valence-electron chi connectivity index (χ2n) is 4.19. The lowest BCUT2D eigenvalue weighted by atomic mass is 10.4. The molecule has 1 N–H and O–H groups in total. The van der Waals surface area contributed by atoms with Crippen molar-refractivity contribution in [2.24, 2.45) is 0 Å². The molecule has 0 atom stereocenters. The van der Waals surface area contributed by atoms with Crippen molar-refractivity contribution in [1.82, 2.24) is 9.97 Å². The van der Waals surface area contributed by atoms with Gasteiger partial charge in [0.05, 0.1) is 0 Å². The highest BCUT2D eigenvalue weighted by molar-refractivity contribution is 9.10. The summed E-state index contributed by atoms with van der Waals surface area (Å²) in [5, 5.41) is 3.31. The molecule has 94 valence electrons. The highest BCUT2D eigenvalue weighted by Crippen LogP contribution is 2.38. The Bertz CT molecular complexity index is 369. The van der Waals surface area contributed by atoms with Crippen LogP contribution in [-0.2, 0) is 4.74 Å². The van der Waals surface area contributed by atoms with Crippen molar-refractivity contribution in [1.29, 1.82) is 0 Å². The van der Waals surface area contributed by atoms with Crippen LogP contribution in [0.5, 0.6) is 0 Å². The van der Waals surface area contributed by atoms with E-state index in [2.05, 4.69) is 31.2 Å². The first kappa shape index (κ1) is 12.8. The lowest BCUT2D eigenvalue weighted by Crippen LogP contribution is -2.08. The van der Waals surface area contributed by atoms with E-state index in [1.165, 1.54) is 12.8 Å². The third kappa shape index (κ3) is 4.24. The van der Waals surface area contributed by atoms with Crippen LogP contribution in [0.2, 0.25) is 0 Å². The molecule has 1 saturated carbocycles. The molecule has 17 heavy (non-hydrogen) atoms. The van der Waals surface area contributed by atoms with Crippen molar-refractivity contribution in [3.8, 4) is 0 Å². The molecule has 5 heteroatoms. The number of hydrogen-bond acceptors (Lipinski definition) is 4. The van der Waals surface area contributed by atoms with E-state index >= 15 is 0 Å². The second kappa shape index (κ2) is 6.31. The minimum Gasteiger partial charge on any atom is -0.382 e. The zero-order chi connectivity index (χ0) is 12.1. The van der Waals surface area contributed by atoms with Crippen LogP contribution in [0, 0.1) is 0 Å². The number of hydrogen-bond donors (Lipinski definition) is 1. The summed E-state index contributed by atoms with van der Waals surface area (Å²) in [5.74, 6) is 2.45. The maximum atomic E-state index is 5.29. The van der Waals surface area contributed by atoms with Crippen molar-refractivity contribution in [2.45, 2.75) is 32.1 Å². The summed E-state index contributed by atoms with van der Waals surface area (Å²) in [7, 11) is 0. The molecule has 1 aromatic heterocycles. The molecular weight excluding hydrogens is 282 g/mol. The topological polar surface area (TPSA) is 47.0 Å². The number of anilines is 1. The maximum Gasteiger partial charge on any atom is 0.135 e. The van der Waals surface area contributed by atoms with Gasteiger partial charge in [0.1, 0.15) is 16.2 Å². The van der Waals surface area contributed by atoms with Crippen LogP contribution in [0.3, 0.4) is 0 Å². The third-order valence-electron chi connectivity index (χ3n) is 2.63. The summed E-state index contributed by atoms with van der Waals surface area (Å²) in [4.78, 5) is 8.91. The molecule has 1 heterocycles. The zero-order valence-corrected chi connectivity index (χ0v) is 11.7. The molecule has 0 aliphatic heterocycles. The van der Waals surface area contributed by atoms with E-state index in [4.69, 9.17) is 4.74 Å². The Balaban J connectivity index is 1.82. The van der Waals surface area contributed by atoms with Gasteiger partial charge >= 0.3 is 0 Å². The average molecular weight is 300 g/mol. The molecule has 1 aliphatic carbocycles. The molecule has 0 amide bonds. The molecule has 4 nitrogen and oxygen atoms in total. The third-order valence-corrected chi connectivity index (χ3v) is 3.04. The molecule has 0 saturated heterocycles. The van der Waals surface area contributed by atoms with E-state index in [1.54, 1.807) is 0 Å². The fourth-order valence-electron chi connectivity index (χ4n) is 1.58. The summed E-state index contributed by atoms with van der Waals surface area (Å²) in [6.07, 6.45) is 3.44. The van der Waals surface area contributed by atoms with Gasteiger partial charge in [0, 0.05) is 31.7 Å². The molecule has 0 radical (unpaired) electrons. The van der Waals surface area contributed by atoms with E-state index in [0.29, 0.717) is 5.92 Å². The van der Waals surface area contributed by atoms with Crippen molar-refractivity contribution in [2.75, 3.05) is 25.1 Å². The first-order valence-electron chi connectivity index (χ1n) is 6.15. The predicted molar refractivity (Wildman–Crippen MR) is 71.3 cm³/mol. The summed E-state index contributed by atoms with van der Waals surface area (Å²) in [6, 6.07) is 1.92. The highest BCUT2D eigenvalue weighted by Gasteiger charge is 2.27. The number of nitrogens with zero attached hydrogens (tertiary/aromatic N) is 2. The largest absolute Gasteiger partial charge is 0.382 e. The number of rotatable bonds is 7. The average Bonchev–Trinajstić information content (AvgIpc) is 3.12. The molecule has 0 bridgehead atoms. The van der Waals surface area contributed by atoms with Gasteiger partial charge in [-0.3, -0.25) is 0 Å². The van der Waals surface area contributed by atoms with Crippen LogP contribution in [0.25, 0.3) is 0 Å². The van der Waals surface area contributed by atoms with E-state index in [1.807, 2.05) is 13.0 Å². The number of aromatic nitrogens is 2. The normalized spacial score (nSPS) is 14.9. The van der Waals surface area contributed by atoms with E-state index < -0.39 is 0 Å². The number of halogens is 1. The fourth-order valence-corrected chi connectivity index (χ4v) is 1.98. The van der Waals surface area contributed by atoms with Crippen molar-refractivity contribution in [3.05, 3.63) is 16.5 Å². The molecule has 0 spiro atoms. The van der Waals surface area contributed by atoms with Crippen LogP contribution < -0.4 is 5.32 Å². The fraction of sp³-hybridized carbons (Fsp3) is 0.667. The van der Waals surface area contributed by atoms with Crippen molar-refractivity contribution >= 4 is 21.7 Å². The van der Waals surface area contributed by atoms with Gasteiger partial charge in [0.25, 0.3) is 0 Å². The molecule has 1 aromatic rings. The van der Waals surface area contributed by atoms with Crippen LogP contribution in [0.15, 0.2) is 10.7 Å². The summed E-state index contributed by atoms with van der Waals surface area (Å²) in [5.41, 5.74) is 0. The summed E-state index contributed by atoms with van der Waals surface area (Å²) >= 11 is 3.43. The van der Waals surface area contributed by atoms with Gasteiger partial charge in [0.15, 0.2) is 0 Å². The SMILES string of the molecule is CCOCCCNc1cc(Br)nc(C2CC2)n1. The highest BCUT2D eigenvalue weighted by atomic mass is 79.9. The number of nitrogens with one attached hydrogen (secondary N) is 1. The Labute approximate surface area is 110 Å². The lowest BCUT2D eigenvalue weighted by molar-refractivity contribution is 0.147. The Morgan fingerprint density at radius 3 is 3.00 bits per heavy atom. The van der Waals surface area contributed by atoms with Gasteiger partial charge in [-0.2, -0.15) is 0 Å². The summed E-state index contributed by atoms with van der Waals surface area (Å²) in [6.45, 7) is 4.47. The molecule has 0 aromatic carbocycles. The Morgan fingerprint density at radius 1 is 1.47 bits per heavy atom. The quantitative estimate of drug-likeness (QED) is 0.621. The lowest BCUT2D eigenvalue weighted by Gasteiger charge is -2.07. The van der Waals surface area contributed by atoms with E-state index in [0.717, 1.165) is 42.4 Å². The standard InChI is InChI=1S/C12H18BrN3O/c1-2-17-7-3-6-14-11-8-10(13)15-12(16-11)9-4-5-9/h8-9H,2-7H2,1H3,(H,14,15,16). The first-order chi connectivity index (χ1) is 8.29. The molecule has 0 unspecified atom stereocenters. The van der Waals surface area contributed by atoms with Crippen molar-refractivity contribution in [3.63, 3.8) is 0 Å². The van der Waals surface area contributed by atoms with Gasteiger partial charge in [0.2, 0.25) is 0 Å². The van der Waals surface area contributed by atoms with Gasteiger partial charge in [-0.25, -0.2) is 9.97 Å².